The predicted octanol–water partition coefficient (Wildman–Crippen LogP) is 5.77. The number of hydrogen-bond donors (Lipinski definition) is 0. The Bertz CT molecular complexity index is 766. The average Bonchev–Trinajstić information content (AvgIpc) is 2.47. The van der Waals surface area contributed by atoms with Crippen LogP contribution in [0.5, 0.6) is 0 Å². The summed E-state index contributed by atoms with van der Waals surface area (Å²) in [5, 5.41) is 1.24. The van der Waals surface area contributed by atoms with Crippen molar-refractivity contribution in [2.45, 2.75) is 0 Å². The van der Waals surface area contributed by atoms with Gasteiger partial charge in [-0.2, -0.15) is 0 Å². The molecule has 5 heteroatoms. The van der Waals surface area contributed by atoms with Crippen molar-refractivity contribution in [3.05, 3.63) is 69.9 Å². The van der Waals surface area contributed by atoms with Crippen molar-refractivity contribution in [3.8, 4) is 22.5 Å². The van der Waals surface area contributed by atoms with Crippen LogP contribution in [0.4, 0.5) is 0 Å². The van der Waals surface area contributed by atoms with Gasteiger partial charge in [0.05, 0.1) is 5.56 Å². The van der Waals surface area contributed by atoms with Gasteiger partial charge in [-0.1, -0.05) is 77.3 Å². The molecule has 0 radical (unpaired) electrons. The van der Waals surface area contributed by atoms with Gasteiger partial charge in [-0.3, -0.25) is 0 Å². The zero-order chi connectivity index (χ0) is 14.8. The Hall–Kier alpha value is -1.61. The van der Waals surface area contributed by atoms with Crippen molar-refractivity contribution in [3.63, 3.8) is 0 Å². The maximum absolute atomic E-state index is 6.29. The van der Waals surface area contributed by atoms with Crippen molar-refractivity contribution in [1.29, 1.82) is 0 Å². The standard InChI is InChI=1S/C16H9Cl3N2/c17-12-8-4-7-11(9-12)16-20-14(18)13(15(19)21-16)10-5-2-1-3-6-10/h1-9H. The fraction of sp³-hybridized carbons (Fsp3) is 0. The van der Waals surface area contributed by atoms with E-state index < -0.39 is 0 Å². The Labute approximate surface area is 137 Å². The fourth-order valence-electron chi connectivity index (χ4n) is 2.01. The maximum Gasteiger partial charge on any atom is 0.162 e. The molecule has 0 unspecified atom stereocenters. The average molecular weight is 336 g/mol. The number of halogens is 3. The van der Waals surface area contributed by atoms with Crippen LogP contribution in [0.15, 0.2) is 54.6 Å². The van der Waals surface area contributed by atoms with Crippen LogP contribution < -0.4 is 0 Å². The molecule has 1 heterocycles. The summed E-state index contributed by atoms with van der Waals surface area (Å²) in [6, 6.07) is 16.8. The zero-order valence-corrected chi connectivity index (χ0v) is 13.0. The minimum Gasteiger partial charge on any atom is -0.216 e. The van der Waals surface area contributed by atoms with Crippen LogP contribution in [0.25, 0.3) is 22.5 Å². The van der Waals surface area contributed by atoms with Crippen molar-refractivity contribution >= 4 is 34.8 Å². The minimum atomic E-state index is 0.316. The van der Waals surface area contributed by atoms with E-state index in [0.29, 0.717) is 26.7 Å². The maximum atomic E-state index is 6.29. The SMILES string of the molecule is Clc1cccc(-c2nc(Cl)c(-c3ccccc3)c(Cl)n2)c1. The topological polar surface area (TPSA) is 25.8 Å². The summed E-state index contributed by atoms with van der Waals surface area (Å²) >= 11 is 18.6. The molecule has 2 aromatic carbocycles. The summed E-state index contributed by atoms with van der Waals surface area (Å²) in [7, 11) is 0. The largest absolute Gasteiger partial charge is 0.216 e. The number of aromatic nitrogens is 2. The lowest BCUT2D eigenvalue weighted by molar-refractivity contribution is 1.18. The molecule has 3 aromatic rings. The summed E-state index contributed by atoms with van der Waals surface area (Å²) in [5.74, 6) is 0.451. The molecule has 0 aliphatic heterocycles. The number of hydrogen-bond acceptors (Lipinski definition) is 2. The first-order valence-electron chi connectivity index (χ1n) is 6.19. The van der Waals surface area contributed by atoms with Crippen molar-refractivity contribution in [1.82, 2.24) is 9.97 Å². The molecule has 104 valence electrons. The third-order valence-corrected chi connectivity index (χ3v) is 3.75. The Morgan fingerprint density at radius 2 is 1.29 bits per heavy atom. The van der Waals surface area contributed by atoms with Crippen LogP contribution in [0, 0.1) is 0 Å². The number of rotatable bonds is 2. The van der Waals surface area contributed by atoms with E-state index in [1.807, 2.05) is 42.5 Å². The molecule has 0 saturated heterocycles. The van der Waals surface area contributed by atoms with Crippen LogP contribution in [-0.4, -0.2) is 9.97 Å². The van der Waals surface area contributed by atoms with Gasteiger partial charge < -0.3 is 0 Å². The van der Waals surface area contributed by atoms with Crippen LogP contribution in [0.1, 0.15) is 0 Å². The van der Waals surface area contributed by atoms with E-state index in [0.717, 1.165) is 11.1 Å². The second-order valence-corrected chi connectivity index (χ2v) is 5.53. The number of nitrogens with zero attached hydrogens (tertiary/aromatic N) is 2. The summed E-state index contributed by atoms with van der Waals surface area (Å²) < 4.78 is 0. The first kappa shape index (κ1) is 14.3. The molecule has 0 amide bonds. The van der Waals surface area contributed by atoms with E-state index in [1.54, 1.807) is 12.1 Å². The van der Waals surface area contributed by atoms with Gasteiger partial charge in [0.2, 0.25) is 0 Å². The van der Waals surface area contributed by atoms with Gasteiger partial charge in [-0.05, 0) is 17.7 Å². The number of benzene rings is 2. The first-order chi connectivity index (χ1) is 10.1. The minimum absolute atomic E-state index is 0.316. The molecular weight excluding hydrogens is 327 g/mol. The highest BCUT2D eigenvalue weighted by Crippen LogP contribution is 2.34. The van der Waals surface area contributed by atoms with Gasteiger partial charge in [0.25, 0.3) is 0 Å². The molecule has 21 heavy (non-hydrogen) atoms. The first-order valence-corrected chi connectivity index (χ1v) is 7.33. The lowest BCUT2D eigenvalue weighted by atomic mass is 10.1. The van der Waals surface area contributed by atoms with Gasteiger partial charge >= 0.3 is 0 Å². The van der Waals surface area contributed by atoms with E-state index in [1.165, 1.54) is 0 Å². The quantitative estimate of drug-likeness (QED) is 0.555. The van der Waals surface area contributed by atoms with Crippen molar-refractivity contribution in [2.24, 2.45) is 0 Å². The second kappa shape index (κ2) is 6.02. The fourth-order valence-corrected chi connectivity index (χ4v) is 2.80. The van der Waals surface area contributed by atoms with Gasteiger partial charge in [-0.25, -0.2) is 9.97 Å². The van der Waals surface area contributed by atoms with E-state index in [2.05, 4.69) is 9.97 Å². The Morgan fingerprint density at radius 3 is 1.90 bits per heavy atom. The molecule has 0 aliphatic rings. The molecular formula is C16H9Cl3N2. The Balaban J connectivity index is 2.13. The van der Waals surface area contributed by atoms with E-state index >= 15 is 0 Å². The highest BCUT2D eigenvalue weighted by Gasteiger charge is 2.14. The summed E-state index contributed by atoms with van der Waals surface area (Å²) in [6.07, 6.45) is 0. The second-order valence-electron chi connectivity index (χ2n) is 4.38. The molecule has 0 bridgehead atoms. The molecule has 0 N–H and O–H groups in total. The molecule has 0 saturated carbocycles. The van der Waals surface area contributed by atoms with E-state index in [9.17, 15) is 0 Å². The molecule has 0 atom stereocenters. The third-order valence-electron chi connectivity index (χ3n) is 2.97. The van der Waals surface area contributed by atoms with Crippen molar-refractivity contribution in [2.75, 3.05) is 0 Å². The summed E-state index contributed by atoms with van der Waals surface area (Å²) in [5.41, 5.74) is 2.28. The zero-order valence-electron chi connectivity index (χ0n) is 10.7. The normalized spacial score (nSPS) is 10.6. The van der Waals surface area contributed by atoms with Gasteiger partial charge in [0, 0.05) is 10.6 Å². The highest BCUT2D eigenvalue weighted by atomic mass is 35.5. The van der Waals surface area contributed by atoms with Gasteiger partial charge in [-0.15, -0.1) is 0 Å². The third kappa shape index (κ3) is 3.03. The van der Waals surface area contributed by atoms with Crippen LogP contribution >= 0.6 is 34.8 Å². The van der Waals surface area contributed by atoms with E-state index in [-0.39, 0.29) is 0 Å². The summed E-state index contributed by atoms with van der Waals surface area (Å²) in [6.45, 7) is 0. The Morgan fingerprint density at radius 1 is 0.667 bits per heavy atom. The molecule has 3 rings (SSSR count). The molecule has 0 spiro atoms. The summed E-state index contributed by atoms with van der Waals surface area (Å²) in [4.78, 5) is 8.67. The van der Waals surface area contributed by atoms with Gasteiger partial charge in [0.1, 0.15) is 10.3 Å². The van der Waals surface area contributed by atoms with Crippen LogP contribution in [0.3, 0.4) is 0 Å². The predicted molar refractivity (Wildman–Crippen MR) is 87.9 cm³/mol. The molecule has 0 fully saturated rings. The molecule has 1 aromatic heterocycles. The molecule has 0 aliphatic carbocycles. The lowest BCUT2D eigenvalue weighted by Crippen LogP contribution is -1.94. The monoisotopic (exact) mass is 334 g/mol. The van der Waals surface area contributed by atoms with Crippen molar-refractivity contribution < 1.29 is 0 Å². The van der Waals surface area contributed by atoms with Gasteiger partial charge in [0.15, 0.2) is 5.82 Å². The lowest BCUT2D eigenvalue weighted by Gasteiger charge is -2.08. The Kier molecular flexibility index (Phi) is 4.11. The highest BCUT2D eigenvalue weighted by molar-refractivity contribution is 6.37. The van der Waals surface area contributed by atoms with E-state index in [4.69, 9.17) is 34.8 Å². The smallest absolute Gasteiger partial charge is 0.162 e. The van der Waals surface area contributed by atoms with Crippen LogP contribution in [-0.2, 0) is 0 Å². The van der Waals surface area contributed by atoms with Crippen LogP contribution in [0.2, 0.25) is 15.3 Å². The molecule has 2 nitrogen and oxygen atoms in total.